The van der Waals surface area contributed by atoms with Crippen molar-refractivity contribution in [3.05, 3.63) is 30.0 Å². The van der Waals surface area contributed by atoms with Gasteiger partial charge >= 0.3 is 0 Å². The lowest BCUT2D eigenvalue weighted by molar-refractivity contribution is 0.240. The third-order valence-electron chi connectivity index (χ3n) is 3.53. The summed E-state index contributed by atoms with van der Waals surface area (Å²) in [5.74, 6) is 0.821. The van der Waals surface area contributed by atoms with Crippen LogP contribution in [-0.2, 0) is 13.6 Å². The molecule has 3 N–H and O–H groups in total. The molecule has 2 rings (SSSR count). The van der Waals surface area contributed by atoms with E-state index in [0.29, 0.717) is 12.3 Å². The molecular formula is C16H25N5. The van der Waals surface area contributed by atoms with E-state index >= 15 is 0 Å². The molecule has 0 saturated heterocycles. The summed E-state index contributed by atoms with van der Waals surface area (Å²) < 4.78 is 1.93. The van der Waals surface area contributed by atoms with E-state index in [-0.39, 0.29) is 5.84 Å². The number of rotatable bonds is 7. The summed E-state index contributed by atoms with van der Waals surface area (Å²) >= 11 is 0. The van der Waals surface area contributed by atoms with Crippen LogP contribution in [0.3, 0.4) is 0 Å². The summed E-state index contributed by atoms with van der Waals surface area (Å²) in [6.07, 6.45) is 0.609. The molecule has 2 aromatic rings. The van der Waals surface area contributed by atoms with Gasteiger partial charge in [0, 0.05) is 38.5 Å². The minimum absolute atomic E-state index is 0.245. The highest BCUT2D eigenvalue weighted by molar-refractivity contribution is 5.81. The van der Waals surface area contributed by atoms with Crippen LogP contribution < -0.4 is 5.73 Å². The summed E-state index contributed by atoms with van der Waals surface area (Å²) in [4.78, 5) is 2.33. The first-order valence-corrected chi connectivity index (χ1v) is 7.43. The summed E-state index contributed by atoms with van der Waals surface area (Å²) in [5.41, 5.74) is 7.75. The Morgan fingerprint density at radius 3 is 2.76 bits per heavy atom. The molecule has 0 saturated carbocycles. The number of hydrogen-bond donors (Lipinski definition) is 2. The van der Waals surface area contributed by atoms with E-state index in [1.54, 1.807) is 0 Å². The zero-order chi connectivity index (χ0) is 15.4. The molecule has 5 heteroatoms. The lowest BCUT2D eigenvalue weighted by Crippen LogP contribution is -2.31. The van der Waals surface area contributed by atoms with E-state index < -0.39 is 0 Å². The predicted octanol–water partition coefficient (Wildman–Crippen LogP) is 2.36. The topological polar surface area (TPSA) is 70.9 Å². The van der Waals surface area contributed by atoms with Crippen molar-refractivity contribution in [2.75, 3.05) is 13.1 Å². The van der Waals surface area contributed by atoms with Crippen molar-refractivity contribution < 1.29 is 0 Å². The van der Waals surface area contributed by atoms with Crippen molar-refractivity contribution in [1.29, 1.82) is 5.41 Å². The van der Waals surface area contributed by atoms with E-state index in [1.807, 2.05) is 17.8 Å². The molecule has 0 spiro atoms. The second kappa shape index (κ2) is 6.72. The number of nitrogens with zero attached hydrogens (tertiary/aromatic N) is 3. The Balaban J connectivity index is 2.19. The third-order valence-corrected chi connectivity index (χ3v) is 3.53. The highest BCUT2D eigenvalue weighted by Crippen LogP contribution is 2.19. The van der Waals surface area contributed by atoms with Crippen LogP contribution in [0.15, 0.2) is 24.3 Å². The molecule has 0 bridgehead atoms. The number of aryl methyl sites for hydroxylation is 1. The van der Waals surface area contributed by atoms with Gasteiger partial charge in [-0.3, -0.25) is 15.0 Å². The van der Waals surface area contributed by atoms with E-state index in [2.05, 4.69) is 42.0 Å². The summed E-state index contributed by atoms with van der Waals surface area (Å²) in [5, 5.41) is 13.3. The number of amidine groups is 1. The Bertz CT molecular complexity index is 614. The molecule has 0 radical (unpaired) electrons. The molecule has 114 valence electrons. The molecule has 5 nitrogen and oxygen atoms in total. The fourth-order valence-electron chi connectivity index (χ4n) is 2.65. The predicted molar refractivity (Wildman–Crippen MR) is 87.4 cm³/mol. The van der Waals surface area contributed by atoms with Crippen molar-refractivity contribution in [1.82, 2.24) is 14.7 Å². The van der Waals surface area contributed by atoms with E-state index in [1.165, 1.54) is 5.39 Å². The van der Waals surface area contributed by atoms with Crippen LogP contribution in [0.5, 0.6) is 0 Å². The van der Waals surface area contributed by atoms with Crippen LogP contribution in [0, 0.1) is 11.3 Å². The van der Waals surface area contributed by atoms with Gasteiger partial charge in [-0.1, -0.05) is 32.0 Å². The SMILES string of the molecule is CC(C)CN(CCC(=N)N)Cc1nn(C)c2ccccc12. The van der Waals surface area contributed by atoms with Crippen LogP contribution in [0.4, 0.5) is 0 Å². The van der Waals surface area contributed by atoms with Crippen LogP contribution >= 0.6 is 0 Å². The number of para-hydroxylation sites is 1. The molecule has 1 aromatic carbocycles. The Labute approximate surface area is 126 Å². The molecule has 0 amide bonds. The van der Waals surface area contributed by atoms with Gasteiger partial charge in [-0.2, -0.15) is 5.10 Å². The zero-order valence-electron chi connectivity index (χ0n) is 13.1. The van der Waals surface area contributed by atoms with Gasteiger partial charge in [-0.25, -0.2) is 0 Å². The second-order valence-corrected chi connectivity index (χ2v) is 5.99. The first-order valence-electron chi connectivity index (χ1n) is 7.43. The quantitative estimate of drug-likeness (QED) is 0.606. The summed E-state index contributed by atoms with van der Waals surface area (Å²) in [7, 11) is 1.98. The largest absolute Gasteiger partial charge is 0.388 e. The average molecular weight is 287 g/mol. The third kappa shape index (κ3) is 4.04. The van der Waals surface area contributed by atoms with Crippen molar-refractivity contribution in [2.45, 2.75) is 26.8 Å². The molecule has 0 aliphatic carbocycles. The molecule has 21 heavy (non-hydrogen) atoms. The van der Waals surface area contributed by atoms with Crippen LogP contribution in [-0.4, -0.2) is 33.6 Å². The molecular weight excluding hydrogens is 262 g/mol. The molecule has 1 aromatic heterocycles. The number of aromatic nitrogens is 2. The standard InChI is InChI=1S/C16H25N5/c1-12(2)10-21(9-8-16(17)18)11-14-13-6-4-5-7-15(13)20(3)19-14/h4-7,12H,8-11H2,1-3H3,(H3,17,18). The van der Waals surface area contributed by atoms with Gasteiger partial charge in [-0.15, -0.1) is 0 Å². The van der Waals surface area contributed by atoms with Gasteiger partial charge in [0.25, 0.3) is 0 Å². The van der Waals surface area contributed by atoms with Gasteiger partial charge < -0.3 is 5.73 Å². The zero-order valence-corrected chi connectivity index (χ0v) is 13.1. The first-order chi connectivity index (χ1) is 9.97. The fourth-order valence-corrected chi connectivity index (χ4v) is 2.65. The fraction of sp³-hybridized carbons (Fsp3) is 0.500. The molecule has 1 heterocycles. The number of nitrogens with one attached hydrogen (secondary N) is 1. The molecule has 0 atom stereocenters. The van der Waals surface area contributed by atoms with Crippen LogP contribution in [0.25, 0.3) is 10.9 Å². The van der Waals surface area contributed by atoms with E-state index in [0.717, 1.165) is 30.8 Å². The molecule has 0 unspecified atom stereocenters. The Morgan fingerprint density at radius 2 is 2.10 bits per heavy atom. The lowest BCUT2D eigenvalue weighted by Gasteiger charge is -2.23. The smallest absolute Gasteiger partial charge is 0.0918 e. The minimum Gasteiger partial charge on any atom is -0.388 e. The maximum Gasteiger partial charge on any atom is 0.0918 e. The van der Waals surface area contributed by atoms with Gasteiger partial charge in [0.15, 0.2) is 0 Å². The van der Waals surface area contributed by atoms with Gasteiger partial charge in [0.05, 0.1) is 17.0 Å². The molecule has 0 aliphatic heterocycles. The van der Waals surface area contributed by atoms with Gasteiger partial charge in [0.1, 0.15) is 0 Å². The summed E-state index contributed by atoms with van der Waals surface area (Å²) in [6, 6.07) is 8.30. The van der Waals surface area contributed by atoms with E-state index in [4.69, 9.17) is 11.1 Å². The summed E-state index contributed by atoms with van der Waals surface area (Å²) in [6.45, 7) is 7.00. The molecule has 0 aliphatic rings. The van der Waals surface area contributed by atoms with Crippen molar-refractivity contribution in [3.63, 3.8) is 0 Å². The average Bonchev–Trinajstić information content (AvgIpc) is 2.73. The maximum atomic E-state index is 7.42. The van der Waals surface area contributed by atoms with Gasteiger partial charge in [-0.05, 0) is 12.0 Å². The van der Waals surface area contributed by atoms with Crippen LogP contribution in [0.2, 0.25) is 0 Å². The van der Waals surface area contributed by atoms with Crippen molar-refractivity contribution >= 4 is 16.7 Å². The Hall–Kier alpha value is -1.88. The minimum atomic E-state index is 0.245. The molecule has 0 fully saturated rings. The second-order valence-electron chi connectivity index (χ2n) is 5.99. The highest BCUT2D eigenvalue weighted by atomic mass is 15.3. The van der Waals surface area contributed by atoms with Crippen molar-refractivity contribution in [3.8, 4) is 0 Å². The Kier molecular flexibility index (Phi) is 4.96. The first kappa shape index (κ1) is 15.5. The monoisotopic (exact) mass is 287 g/mol. The number of benzene rings is 1. The number of nitrogens with two attached hydrogens (primary N) is 1. The number of fused-ring (bicyclic) bond motifs is 1. The normalized spacial score (nSPS) is 11.7. The van der Waals surface area contributed by atoms with Crippen molar-refractivity contribution in [2.24, 2.45) is 18.7 Å². The Morgan fingerprint density at radius 1 is 1.38 bits per heavy atom. The number of hydrogen-bond acceptors (Lipinski definition) is 3. The van der Waals surface area contributed by atoms with Crippen LogP contribution in [0.1, 0.15) is 26.0 Å². The van der Waals surface area contributed by atoms with Gasteiger partial charge in [0.2, 0.25) is 0 Å². The van der Waals surface area contributed by atoms with E-state index in [9.17, 15) is 0 Å². The maximum absolute atomic E-state index is 7.42. The lowest BCUT2D eigenvalue weighted by atomic mass is 10.1. The highest BCUT2D eigenvalue weighted by Gasteiger charge is 2.14.